The van der Waals surface area contributed by atoms with Crippen LogP contribution in [0.4, 0.5) is 4.39 Å². The van der Waals surface area contributed by atoms with Crippen LogP contribution < -0.4 is 5.32 Å². The molecule has 2 heterocycles. The number of hydrogen-bond donors (Lipinski definition) is 2. The van der Waals surface area contributed by atoms with Crippen LogP contribution in [0.3, 0.4) is 0 Å². The molecule has 0 saturated heterocycles. The number of thiophene rings is 1. The standard InChI is InChI=1S/C17H13FN2O2S/c18-12-5-3-11(4-6-12)10-20-17(22)15-16(21)13(7-8-19-15)14-2-1-9-23-14/h1-9,21H,10H2,(H,20,22). The van der Waals surface area contributed by atoms with Crippen molar-refractivity contribution in [3.63, 3.8) is 0 Å². The SMILES string of the molecule is O=C(NCc1ccc(F)cc1)c1nccc(-c2cccs2)c1O. The second-order valence-electron chi connectivity index (χ2n) is 4.84. The van der Waals surface area contributed by atoms with Gasteiger partial charge in [0.15, 0.2) is 11.4 Å². The third-order valence-corrected chi connectivity index (χ3v) is 4.20. The molecule has 0 aliphatic carbocycles. The van der Waals surface area contributed by atoms with E-state index in [1.54, 1.807) is 18.2 Å². The lowest BCUT2D eigenvalue weighted by molar-refractivity contribution is 0.0943. The summed E-state index contributed by atoms with van der Waals surface area (Å²) in [5.41, 5.74) is 1.30. The Balaban J connectivity index is 1.77. The van der Waals surface area contributed by atoms with Crippen molar-refractivity contribution in [2.24, 2.45) is 0 Å². The van der Waals surface area contributed by atoms with Gasteiger partial charge in [-0.15, -0.1) is 11.3 Å². The minimum atomic E-state index is -0.481. The van der Waals surface area contributed by atoms with Gasteiger partial charge in [0.2, 0.25) is 0 Å². The highest BCUT2D eigenvalue weighted by molar-refractivity contribution is 7.13. The van der Waals surface area contributed by atoms with E-state index in [0.717, 1.165) is 10.4 Å². The van der Waals surface area contributed by atoms with E-state index < -0.39 is 5.91 Å². The second kappa shape index (κ2) is 6.58. The summed E-state index contributed by atoms with van der Waals surface area (Å²) in [5, 5.41) is 14.9. The number of pyridine rings is 1. The van der Waals surface area contributed by atoms with Gasteiger partial charge in [0.25, 0.3) is 5.91 Å². The van der Waals surface area contributed by atoms with Crippen LogP contribution in [0.25, 0.3) is 10.4 Å². The van der Waals surface area contributed by atoms with Crippen LogP contribution in [0.1, 0.15) is 16.1 Å². The number of halogens is 1. The molecule has 1 aromatic carbocycles. The van der Waals surface area contributed by atoms with Crippen molar-refractivity contribution in [2.75, 3.05) is 0 Å². The van der Waals surface area contributed by atoms with E-state index in [2.05, 4.69) is 10.3 Å². The van der Waals surface area contributed by atoms with E-state index in [0.29, 0.717) is 5.56 Å². The Morgan fingerprint density at radius 1 is 1.22 bits per heavy atom. The van der Waals surface area contributed by atoms with Gasteiger partial charge in [-0.2, -0.15) is 0 Å². The smallest absolute Gasteiger partial charge is 0.274 e. The van der Waals surface area contributed by atoms with Gasteiger partial charge in [0.1, 0.15) is 5.82 Å². The quantitative estimate of drug-likeness (QED) is 0.769. The van der Waals surface area contributed by atoms with E-state index in [9.17, 15) is 14.3 Å². The fraction of sp³-hybridized carbons (Fsp3) is 0.0588. The van der Waals surface area contributed by atoms with Crippen LogP contribution in [0, 0.1) is 5.82 Å². The number of benzene rings is 1. The number of hydrogen-bond acceptors (Lipinski definition) is 4. The lowest BCUT2D eigenvalue weighted by Gasteiger charge is -2.09. The van der Waals surface area contributed by atoms with Gasteiger partial charge in [-0.05, 0) is 35.2 Å². The van der Waals surface area contributed by atoms with Crippen LogP contribution in [0.15, 0.2) is 54.0 Å². The largest absolute Gasteiger partial charge is 0.505 e. The van der Waals surface area contributed by atoms with Gasteiger partial charge in [-0.25, -0.2) is 9.37 Å². The Morgan fingerprint density at radius 3 is 2.70 bits per heavy atom. The highest BCUT2D eigenvalue weighted by atomic mass is 32.1. The molecule has 4 nitrogen and oxygen atoms in total. The summed E-state index contributed by atoms with van der Waals surface area (Å²) >= 11 is 1.47. The highest BCUT2D eigenvalue weighted by Crippen LogP contribution is 2.33. The summed E-state index contributed by atoms with van der Waals surface area (Å²) in [5.74, 6) is -0.958. The fourth-order valence-corrected chi connectivity index (χ4v) is 2.87. The van der Waals surface area contributed by atoms with Gasteiger partial charge in [0, 0.05) is 23.2 Å². The first-order chi connectivity index (χ1) is 11.1. The molecular weight excluding hydrogens is 315 g/mol. The monoisotopic (exact) mass is 328 g/mol. The lowest BCUT2D eigenvalue weighted by Crippen LogP contribution is -2.24. The molecule has 3 aromatic rings. The molecule has 0 atom stereocenters. The number of aromatic hydroxyl groups is 1. The second-order valence-corrected chi connectivity index (χ2v) is 5.79. The highest BCUT2D eigenvalue weighted by Gasteiger charge is 2.17. The zero-order chi connectivity index (χ0) is 16.2. The topological polar surface area (TPSA) is 62.2 Å². The van der Waals surface area contributed by atoms with Gasteiger partial charge in [-0.1, -0.05) is 18.2 Å². The first-order valence-electron chi connectivity index (χ1n) is 6.89. The van der Waals surface area contributed by atoms with Gasteiger partial charge in [0.05, 0.1) is 0 Å². The molecule has 6 heteroatoms. The first-order valence-corrected chi connectivity index (χ1v) is 7.77. The predicted octanol–water partition coefficient (Wildman–Crippen LogP) is 3.58. The summed E-state index contributed by atoms with van der Waals surface area (Å²) in [6.07, 6.45) is 1.49. The predicted molar refractivity (Wildman–Crippen MR) is 86.8 cm³/mol. The van der Waals surface area contributed by atoms with E-state index in [1.165, 1.54) is 29.7 Å². The molecule has 23 heavy (non-hydrogen) atoms. The molecule has 0 aliphatic heterocycles. The molecular formula is C17H13FN2O2S. The van der Waals surface area contributed by atoms with Gasteiger partial charge in [-0.3, -0.25) is 4.79 Å². The minimum Gasteiger partial charge on any atom is -0.505 e. The number of carbonyl (C=O) groups is 1. The third kappa shape index (κ3) is 3.37. The first kappa shape index (κ1) is 15.2. The lowest BCUT2D eigenvalue weighted by atomic mass is 10.1. The molecule has 0 unspecified atom stereocenters. The molecule has 0 spiro atoms. The number of rotatable bonds is 4. The van der Waals surface area contributed by atoms with Crippen LogP contribution in [0.5, 0.6) is 5.75 Å². The molecule has 0 fully saturated rings. The zero-order valence-corrected chi connectivity index (χ0v) is 12.8. The third-order valence-electron chi connectivity index (χ3n) is 3.29. The normalized spacial score (nSPS) is 10.5. The molecule has 116 valence electrons. The Kier molecular flexibility index (Phi) is 4.34. The molecule has 0 saturated carbocycles. The maximum Gasteiger partial charge on any atom is 0.274 e. The van der Waals surface area contributed by atoms with Crippen molar-refractivity contribution in [3.8, 4) is 16.2 Å². The number of carbonyl (C=O) groups excluding carboxylic acids is 1. The van der Waals surface area contributed by atoms with Crippen molar-refractivity contribution in [2.45, 2.75) is 6.54 Å². The average molecular weight is 328 g/mol. The molecule has 2 aromatic heterocycles. The van der Waals surface area contributed by atoms with Crippen LogP contribution in [-0.2, 0) is 6.54 Å². The van der Waals surface area contributed by atoms with Crippen LogP contribution in [0.2, 0.25) is 0 Å². The Hall–Kier alpha value is -2.73. The van der Waals surface area contributed by atoms with Crippen LogP contribution in [-0.4, -0.2) is 16.0 Å². The molecule has 0 radical (unpaired) electrons. The number of aromatic nitrogens is 1. The molecule has 2 N–H and O–H groups in total. The molecule has 3 rings (SSSR count). The molecule has 0 bridgehead atoms. The number of amides is 1. The maximum absolute atomic E-state index is 12.9. The summed E-state index contributed by atoms with van der Waals surface area (Å²) in [6.45, 7) is 0.226. The summed E-state index contributed by atoms with van der Waals surface area (Å²) in [4.78, 5) is 17.0. The van der Waals surface area contributed by atoms with E-state index in [4.69, 9.17) is 0 Å². The van der Waals surface area contributed by atoms with E-state index in [-0.39, 0.29) is 23.8 Å². The summed E-state index contributed by atoms with van der Waals surface area (Å²) in [7, 11) is 0. The van der Waals surface area contributed by atoms with Crippen molar-refractivity contribution >= 4 is 17.2 Å². The summed E-state index contributed by atoms with van der Waals surface area (Å²) in [6, 6.07) is 11.2. The van der Waals surface area contributed by atoms with Crippen molar-refractivity contribution < 1.29 is 14.3 Å². The van der Waals surface area contributed by atoms with Crippen molar-refractivity contribution in [1.29, 1.82) is 0 Å². The summed E-state index contributed by atoms with van der Waals surface area (Å²) < 4.78 is 12.9. The molecule has 0 aliphatic rings. The van der Waals surface area contributed by atoms with E-state index in [1.807, 2.05) is 17.5 Å². The van der Waals surface area contributed by atoms with Gasteiger partial charge < -0.3 is 10.4 Å². The number of nitrogens with one attached hydrogen (secondary N) is 1. The van der Waals surface area contributed by atoms with Crippen LogP contribution >= 0.6 is 11.3 Å². The maximum atomic E-state index is 12.9. The van der Waals surface area contributed by atoms with Crippen molar-refractivity contribution in [3.05, 3.63) is 71.1 Å². The Labute approximate surface area is 136 Å². The average Bonchev–Trinajstić information content (AvgIpc) is 3.08. The van der Waals surface area contributed by atoms with Gasteiger partial charge >= 0.3 is 0 Å². The number of nitrogens with zero attached hydrogens (tertiary/aromatic N) is 1. The minimum absolute atomic E-state index is 0.0296. The Bertz CT molecular complexity index is 817. The fourth-order valence-electron chi connectivity index (χ4n) is 2.12. The molecule has 1 amide bonds. The Morgan fingerprint density at radius 2 is 2.00 bits per heavy atom. The van der Waals surface area contributed by atoms with Crippen molar-refractivity contribution in [1.82, 2.24) is 10.3 Å². The van der Waals surface area contributed by atoms with E-state index >= 15 is 0 Å². The zero-order valence-electron chi connectivity index (χ0n) is 12.0.